The smallest absolute Gasteiger partial charge is 0.433 e. The van der Waals surface area contributed by atoms with Gasteiger partial charge in [-0.3, -0.25) is 4.79 Å². The van der Waals surface area contributed by atoms with E-state index in [0.717, 1.165) is 12.8 Å². The Hall–Kier alpha value is -1.80. The molecular formula is C14H15ClF3N3O2. The summed E-state index contributed by atoms with van der Waals surface area (Å²) in [4.78, 5) is 15.5. The maximum absolute atomic E-state index is 12.5. The number of amides is 1. The van der Waals surface area contributed by atoms with Crippen molar-refractivity contribution in [3.8, 4) is 0 Å². The van der Waals surface area contributed by atoms with Crippen LogP contribution < -0.4 is 11.1 Å². The molecule has 1 aromatic carbocycles. The maximum Gasteiger partial charge on any atom is 0.468 e. The lowest BCUT2D eigenvalue weighted by atomic mass is 10.1. The third kappa shape index (κ3) is 3.76. The van der Waals surface area contributed by atoms with E-state index in [9.17, 15) is 18.0 Å². The number of nitrogens with zero attached hydrogens (tertiary/aromatic N) is 1. The van der Waals surface area contributed by atoms with Gasteiger partial charge in [0, 0.05) is 17.6 Å². The van der Waals surface area contributed by atoms with Gasteiger partial charge in [-0.05, 0) is 37.5 Å². The molecule has 23 heavy (non-hydrogen) atoms. The van der Waals surface area contributed by atoms with Gasteiger partial charge in [0.1, 0.15) is 5.52 Å². The van der Waals surface area contributed by atoms with E-state index < -0.39 is 12.1 Å². The Morgan fingerprint density at radius 3 is 2.70 bits per heavy atom. The number of nitrogens with two attached hydrogens (primary N) is 1. The molecule has 3 rings (SSSR count). The molecule has 1 saturated carbocycles. The number of anilines is 1. The number of hydrogen-bond acceptors (Lipinski definition) is 4. The van der Waals surface area contributed by atoms with Crippen molar-refractivity contribution in [2.75, 3.05) is 5.32 Å². The van der Waals surface area contributed by atoms with Crippen LogP contribution in [0.25, 0.3) is 11.1 Å². The quantitative estimate of drug-likeness (QED) is 0.871. The monoisotopic (exact) mass is 349 g/mol. The van der Waals surface area contributed by atoms with E-state index in [4.69, 9.17) is 5.73 Å². The van der Waals surface area contributed by atoms with Gasteiger partial charge in [-0.25, -0.2) is 4.98 Å². The fraction of sp³-hybridized carbons (Fsp3) is 0.429. The largest absolute Gasteiger partial charge is 0.468 e. The molecule has 2 unspecified atom stereocenters. The Bertz CT molecular complexity index is 717. The first-order chi connectivity index (χ1) is 10.3. The number of benzene rings is 1. The highest BCUT2D eigenvalue weighted by Crippen LogP contribution is 2.32. The Balaban J connectivity index is 0.00000192. The summed E-state index contributed by atoms with van der Waals surface area (Å²) >= 11 is 0. The van der Waals surface area contributed by atoms with Crippen molar-refractivity contribution in [3.05, 3.63) is 24.1 Å². The second-order valence-electron chi connectivity index (χ2n) is 5.46. The fourth-order valence-electron chi connectivity index (χ4n) is 2.63. The van der Waals surface area contributed by atoms with Gasteiger partial charge < -0.3 is 15.5 Å². The molecule has 1 amide bonds. The van der Waals surface area contributed by atoms with Crippen molar-refractivity contribution in [2.45, 2.75) is 31.5 Å². The number of halogens is 4. The number of fused-ring (bicyclic) bond motifs is 1. The van der Waals surface area contributed by atoms with Crippen molar-refractivity contribution >= 4 is 35.1 Å². The third-order valence-electron chi connectivity index (χ3n) is 3.74. The van der Waals surface area contributed by atoms with Crippen LogP contribution in [0.4, 0.5) is 18.9 Å². The first kappa shape index (κ1) is 17.6. The highest BCUT2D eigenvalue weighted by molar-refractivity contribution is 5.94. The van der Waals surface area contributed by atoms with Gasteiger partial charge in [-0.15, -0.1) is 12.4 Å². The SMILES string of the molecule is Cl.NC1CCC(C(=O)Nc2ccc3oc(C(F)(F)F)nc3c2)C1. The molecule has 0 aliphatic heterocycles. The molecule has 0 spiro atoms. The minimum atomic E-state index is -4.64. The second kappa shape index (κ2) is 6.37. The minimum Gasteiger partial charge on any atom is -0.433 e. The first-order valence-corrected chi connectivity index (χ1v) is 6.87. The van der Waals surface area contributed by atoms with Crippen LogP contribution in [0, 0.1) is 5.92 Å². The van der Waals surface area contributed by atoms with Crippen molar-refractivity contribution in [3.63, 3.8) is 0 Å². The summed E-state index contributed by atoms with van der Waals surface area (Å²) in [5.41, 5.74) is 6.22. The standard InChI is InChI=1S/C14H14F3N3O2.ClH/c15-14(16,17)13-20-10-6-9(3-4-11(10)22-13)19-12(21)7-1-2-8(18)5-7;/h3-4,6-8H,1-2,5,18H2,(H,19,21);1H. The molecule has 0 bridgehead atoms. The predicted molar refractivity (Wildman–Crippen MR) is 80.2 cm³/mol. The van der Waals surface area contributed by atoms with Gasteiger partial charge in [0.05, 0.1) is 0 Å². The fourth-order valence-corrected chi connectivity index (χ4v) is 2.63. The van der Waals surface area contributed by atoms with E-state index in [1.807, 2.05) is 0 Å². The van der Waals surface area contributed by atoms with Crippen LogP contribution in [0.3, 0.4) is 0 Å². The average Bonchev–Trinajstić information content (AvgIpc) is 3.03. The maximum atomic E-state index is 12.5. The predicted octanol–water partition coefficient (Wildman–Crippen LogP) is 3.33. The number of aromatic nitrogens is 1. The number of rotatable bonds is 2. The van der Waals surface area contributed by atoms with Crippen molar-refractivity contribution in [2.24, 2.45) is 11.7 Å². The summed E-state index contributed by atoms with van der Waals surface area (Å²) in [6, 6.07) is 4.23. The Morgan fingerprint density at radius 1 is 1.35 bits per heavy atom. The number of nitrogens with one attached hydrogen (secondary N) is 1. The first-order valence-electron chi connectivity index (χ1n) is 6.87. The third-order valence-corrected chi connectivity index (χ3v) is 3.74. The van der Waals surface area contributed by atoms with E-state index >= 15 is 0 Å². The Kier molecular flexibility index (Phi) is 4.86. The Morgan fingerprint density at radius 2 is 2.09 bits per heavy atom. The lowest BCUT2D eigenvalue weighted by Crippen LogP contribution is -2.23. The summed E-state index contributed by atoms with van der Waals surface area (Å²) < 4.78 is 42.3. The minimum absolute atomic E-state index is 0. The molecule has 126 valence electrons. The summed E-state index contributed by atoms with van der Waals surface area (Å²) in [5.74, 6) is -1.63. The number of oxazole rings is 1. The van der Waals surface area contributed by atoms with Crippen LogP contribution in [-0.2, 0) is 11.0 Å². The molecule has 0 saturated heterocycles. The highest BCUT2D eigenvalue weighted by atomic mass is 35.5. The molecular weight excluding hydrogens is 335 g/mol. The zero-order chi connectivity index (χ0) is 15.9. The van der Waals surface area contributed by atoms with E-state index in [2.05, 4.69) is 14.7 Å². The van der Waals surface area contributed by atoms with Crippen molar-refractivity contribution in [1.82, 2.24) is 4.98 Å². The molecule has 3 N–H and O–H groups in total. The van der Waals surface area contributed by atoms with Crippen molar-refractivity contribution < 1.29 is 22.4 Å². The summed E-state index contributed by atoms with van der Waals surface area (Å²) in [6.45, 7) is 0. The van der Waals surface area contributed by atoms with E-state index in [-0.39, 0.29) is 41.4 Å². The molecule has 1 fully saturated rings. The second-order valence-corrected chi connectivity index (χ2v) is 5.46. The van der Waals surface area contributed by atoms with Gasteiger partial charge in [0.2, 0.25) is 5.91 Å². The number of hydrogen-bond donors (Lipinski definition) is 2. The molecule has 1 aliphatic rings. The molecule has 1 heterocycles. The van der Waals surface area contributed by atoms with Crippen LogP contribution >= 0.6 is 12.4 Å². The van der Waals surface area contributed by atoms with Crippen LogP contribution in [0.5, 0.6) is 0 Å². The van der Waals surface area contributed by atoms with Gasteiger partial charge in [0.15, 0.2) is 5.58 Å². The van der Waals surface area contributed by atoms with Gasteiger partial charge in [0.25, 0.3) is 0 Å². The van der Waals surface area contributed by atoms with E-state index in [0.29, 0.717) is 12.1 Å². The summed E-state index contributed by atoms with van der Waals surface area (Å²) in [6.07, 6.45) is -2.49. The molecule has 1 aliphatic carbocycles. The zero-order valence-corrected chi connectivity index (χ0v) is 12.7. The van der Waals surface area contributed by atoms with Gasteiger partial charge in [-0.2, -0.15) is 13.2 Å². The normalized spacial score (nSPS) is 21.2. The van der Waals surface area contributed by atoms with Gasteiger partial charge in [-0.1, -0.05) is 0 Å². The van der Waals surface area contributed by atoms with E-state index in [1.165, 1.54) is 18.2 Å². The summed E-state index contributed by atoms with van der Waals surface area (Å²) in [7, 11) is 0. The molecule has 5 nitrogen and oxygen atoms in total. The lowest BCUT2D eigenvalue weighted by molar-refractivity contribution is -0.156. The highest BCUT2D eigenvalue weighted by Gasteiger charge is 2.37. The lowest BCUT2D eigenvalue weighted by Gasteiger charge is -2.10. The van der Waals surface area contributed by atoms with Crippen molar-refractivity contribution in [1.29, 1.82) is 0 Å². The molecule has 0 radical (unpaired) electrons. The number of carbonyl (C=O) groups excluding carboxylic acids is 1. The number of carbonyl (C=O) groups is 1. The zero-order valence-electron chi connectivity index (χ0n) is 11.9. The van der Waals surface area contributed by atoms with Crippen LogP contribution in [0.2, 0.25) is 0 Å². The average molecular weight is 350 g/mol. The molecule has 1 aromatic heterocycles. The van der Waals surface area contributed by atoms with Crippen LogP contribution in [-0.4, -0.2) is 16.9 Å². The molecule has 2 aromatic rings. The van der Waals surface area contributed by atoms with E-state index in [1.54, 1.807) is 0 Å². The van der Waals surface area contributed by atoms with Gasteiger partial charge >= 0.3 is 12.1 Å². The topological polar surface area (TPSA) is 81.2 Å². The Labute approximate surface area is 135 Å². The number of alkyl halides is 3. The van der Waals surface area contributed by atoms with Crippen LogP contribution in [0.15, 0.2) is 22.6 Å². The molecule has 9 heteroatoms. The molecule has 2 atom stereocenters. The summed E-state index contributed by atoms with van der Waals surface area (Å²) in [5, 5.41) is 2.69. The van der Waals surface area contributed by atoms with Crippen LogP contribution in [0.1, 0.15) is 25.2 Å².